The zero-order valence-corrected chi connectivity index (χ0v) is 14.2. The van der Waals surface area contributed by atoms with Crippen LogP contribution in [0.3, 0.4) is 0 Å². The van der Waals surface area contributed by atoms with Crippen LogP contribution in [-0.4, -0.2) is 33.5 Å². The Morgan fingerprint density at radius 2 is 2.13 bits per heavy atom. The van der Waals surface area contributed by atoms with Gasteiger partial charge in [-0.25, -0.2) is 4.98 Å². The van der Waals surface area contributed by atoms with E-state index >= 15 is 0 Å². The number of carbonyl (C=O) groups is 1. The number of hydrogen-bond donors (Lipinski definition) is 1. The van der Waals surface area contributed by atoms with E-state index in [0.717, 1.165) is 42.1 Å². The molecule has 4 nitrogen and oxygen atoms in total. The maximum atomic E-state index is 12.7. The van der Waals surface area contributed by atoms with E-state index in [0.29, 0.717) is 11.8 Å². The Hall–Kier alpha value is -1.88. The van der Waals surface area contributed by atoms with Gasteiger partial charge in [0.25, 0.3) is 5.91 Å². The Balaban J connectivity index is 1.66. The molecule has 1 atom stereocenters. The molecule has 2 aromatic rings. The summed E-state index contributed by atoms with van der Waals surface area (Å²) in [6.45, 7) is 2.77. The van der Waals surface area contributed by atoms with Crippen LogP contribution in [0, 0.1) is 6.92 Å². The Kier molecular flexibility index (Phi) is 4.96. The number of aromatic hydroxyl groups is 1. The third-order valence-corrected chi connectivity index (χ3v) is 5.32. The Bertz CT molecular complexity index is 666. The van der Waals surface area contributed by atoms with Crippen LogP contribution in [0.4, 0.5) is 0 Å². The molecule has 0 unspecified atom stereocenters. The van der Waals surface area contributed by atoms with Gasteiger partial charge < -0.3 is 10.0 Å². The zero-order valence-electron chi connectivity index (χ0n) is 13.4. The molecule has 2 heterocycles. The van der Waals surface area contributed by atoms with Crippen LogP contribution in [-0.2, 0) is 6.42 Å². The first-order chi connectivity index (χ1) is 11.1. The summed E-state index contributed by atoms with van der Waals surface area (Å²) in [5, 5.41) is 10.3. The number of phenolic OH excluding ortho intramolecular Hbond substituents is 1. The highest BCUT2D eigenvalue weighted by molar-refractivity contribution is 7.13. The van der Waals surface area contributed by atoms with E-state index in [1.807, 2.05) is 24.0 Å². The van der Waals surface area contributed by atoms with Crippen molar-refractivity contribution >= 4 is 17.2 Å². The first kappa shape index (κ1) is 16.0. The van der Waals surface area contributed by atoms with Crippen LogP contribution in [0.5, 0.6) is 5.75 Å². The van der Waals surface area contributed by atoms with Gasteiger partial charge in [0.1, 0.15) is 10.6 Å². The van der Waals surface area contributed by atoms with E-state index in [1.165, 1.54) is 23.3 Å². The summed E-state index contributed by atoms with van der Waals surface area (Å²) in [5.41, 5.74) is 1.20. The lowest BCUT2D eigenvalue weighted by atomic mass is 9.95. The van der Waals surface area contributed by atoms with Gasteiger partial charge in [0, 0.05) is 12.6 Å². The van der Waals surface area contributed by atoms with Crippen molar-refractivity contribution in [2.45, 2.75) is 45.1 Å². The molecule has 1 N–H and O–H groups in total. The van der Waals surface area contributed by atoms with E-state index in [1.54, 1.807) is 18.3 Å². The molecule has 23 heavy (non-hydrogen) atoms. The van der Waals surface area contributed by atoms with Crippen molar-refractivity contribution in [3.05, 3.63) is 45.9 Å². The van der Waals surface area contributed by atoms with Gasteiger partial charge in [-0.1, -0.05) is 12.1 Å². The van der Waals surface area contributed by atoms with Crippen LogP contribution in [0.2, 0.25) is 0 Å². The minimum Gasteiger partial charge on any atom is -0.508 e. The minimum absolute atomic E-state index is 0.131. The fraction of sp³-hybridized carbons (Fsp3) is 0.444. The van der Waals surface area contributed by atoms with Gasteiger partial charge in [0.15, 0.2) is 0 Å². The topological polar surface area (TPSA) is 53.4 Å². The Morgan fingerprint density at radius 1 is 1.35 bits per heavy atom. The molecule has 0 spiro atoms. The molecule has 122 valence electrons. The number of aryl methyl sites for hydroxylation is 2. The fourth-order valence-electron chi connectivity index (χ4n) is 3.17. The average molecular weight is 330 g/mol. The first-order valence-electron chi connectivity index (χ1n) is 8.15. The molecule has 0 saturated carbocycles. The molecule has 0 radical (unpaired) electrons. The quantitative estimate of drug-likeness (QED) is 0.928. The van der Waals surface area contributed by atoms with Crippen LogP contribution in [0.15, 0.2) is 30.5 Å². The van der Waals surface area contributed by atoms with Crippen molar-refractivity contribution in [1.29, 1.82) is 0 Å². The molecule has 0 aliphatic carbocycles. The van der Waals surface area contributed by atoms with E-state index in [4.69, 9.17) is 0 Å². The summed E-state index contributed by atoms with van der Waals surface area (Å²) >= 11 is 1.48. The van der Waals surface area contributed by atoms with E-state index < -0.39 is 0 Å². The second-order valence-electron chi connectivity index (χ2n) is 6.10. The van der Waals surface area contributed by atoms with E-state index in [-0.39, 0.29) is 5.91 Å². The van der Waals surface area contributed by atoms with Gasteiger partial charge in [-0.3, -0.25) is 4.79 Å². The van der Waals surface area contributed by atoms with Gasteiger partial charge in [0.05, 0.1) is 11.2 Å². The van der Waals surface area contributed by atoms with Crippen LogP contribution in [0.1, 0.15) is 45.9 Å². The molecule has 0 bridgehead atoms. The van der Waals surface area contributed by atoms with Gasteiger partial charge in [-0.2, -0.15) is 0 Å². The molecule has 1 aliphatic heterocycles. The van der Waals surface area contributed by atoms with Crippen LogP contribution < -0.4 is 0 Å². The summed E-state index contributed by atoms with van der Waals surface area (Å²) in [4.78, 5) is 19.7. The molecule has 1 aromatic carbocycles. The molecule has 1 amide bonds. The molecule has 5 heteroatoms. The summed E-state index contributed by atoms with van der Waals surface area (Å²) in [6, 6.07) is 7.65. The van der Waals surface area contributed by atoms with E-state index in [9.17, 15) is 9.90 Å². The van der Waals surface area contributed by atoms with Crippen LogP contribution >= 0.6 is 11.3 Å². The molecule has 1 aromatic heterocycles. The molecular weight excluding hydrogens is 308 g/mol. The third kappa shape index (κ3) is 3.91. The SMILES string of the molecule is Cc1ncc(C(=O)N2CCCC[C@@H]2CCc2ccc(O)cc2)s1. The third-order valence-electron chi connectivity index (χ3n) is 4.42. The number of phenols is 1. The first-order valence-corrected chi connectivity index (χ1v) is 8.96. The zero-order chi connectivity index (χ0) is 16.2. The number of rotatable bonds is 4. The number of piperidine rings is 1. The predicted molar refractivity (Wildman–Crippen MR) is 92.0 cm³/mol. The lowest BCUT2D eigenvalue weighted by Crippen LogP contribution is -2.43. The van der Waals surface area contributed by atoms with Gasteiger partial charge in [-0.05, 0) is 56.7 Å². The Morgan fingerprint density at radius 3 is 2.83 bits per heavy atom. The largest absolute Gasteiger partial charge is 0.508 e. The molecule has 1 aliphatic rings. The number of nitrogens with zero attached hydrogens (tertiary/aromatic N) is 2. The van der Waals surface area contributed by atoms with Crippen molar-refractivity contribution in [2.75, 3.05) is 6.54 Å². The lowest BCUT2D eigenvalue weighted by molar-refractivity contribution is 0.0606. The highest BCUT2D eigenvalue weighted by Crippen LogP contribution is 2.25. The van der Waals surface area contributed by atoms with Gasteiger partial charge >= 0.3 is 0 Å². The molecule has 1 fully saturated rings. The number of carbonyl (C=O) groups excluding carboxylic acids is 1. The summed E-state index contributed by atoms with van der Waals surface area (Å²) < 4.78 is 0. The molecule has 1 saturated heterocycles. The van der Waals surface area contributed by atoms with Crippen molar-refractivity contribution in [3.8, 4) is 5.75 Å². The number of aromatic nitrogens is 1. The van der Waals surface area contributed by atoms with Crippen molar-refractivity contribution < 1.29 is 9.90 Å². The summed E-state index contributed by atoms with van der Waals surface area (Å²) in [7, 11) is 0. The van der Waals surface area contributed by atoms with Gasteiger partial charge in [-0.15, -0.1) is 11.3 Å². The highest BCUT2D eigenvalue weighted by atomic mass is 32.1. The maximum absolute atomic E-state index is 12.7. The maximum Gasteiger partial charge on any atom is 0.265 e. The predicted octanol–water partition coefficient (Wildman–Crippen LogP) is 3.78. The monoisotopic (exact) mass is 330 g/mol. The number of benzene rings is 1. The smallest absolute Gasteiger partial charge is 0.265 e. The Labute approximate surface area is 140 Å². The second-order valence-corrected chi connectivity index (χ2v) is 7.33. The van der Waals surface area contributed by atoms with Crippen LogP contribution in [0.25, 0.3) is 0 Å². The van der Waals surface area contributed by atoms with Gasteiger partial charge in [0.2, 0.25) is 0 Å². The van der Waals surface area contributed by atoms with E-state index in [2.05, 4.69) is 4.98 Å². The number of likely N-dealkylation sites (tertiary alicyclic amines) is 1. The fourth-order valence-corrected chi connectivity index (χ4v) is 3.90. The standard InChI is InChI=1S/C18H22N2O2S/c1-13-19-12-17(23-13)18(22)20-11-3-2-4-15(20)8-5-14-6-9-16(21)10-7-14/h6-7,9-10,12,15,21H,2-5,8,11H2,1H3/t15-/m1/s1. The minimum atomic E-state index is 0.131. The summed E-state index contributed by atoms with van der Waals surface area (Å²) in [5.74, 6) is 0.426. The number of amides is 1. The molecule has 3 rings (SSSR count). The normalized spacial score (nSPS) is 18.1. The molecular formula is C18H22N2O2S. The highest BCUT2D eigenvalue weighted by Gasteiger charge is 2.28. The number of thiazole rings is 1. The second kappa shape index (κ2) is 7.13. The van der Waals surface area contributed by atoms with Crippen molar-refractivity contribution in [1.82, 2.24) is 9.88 Å². The summed E-state index contributed by atoms with van der Waals surface area (Å²) in [6.07, 6.45) is 6.94. The van der Waals surface area contributed by atoms with Crippen molar-refractivity contribution in [2.24, 2.45) is 0 Å². The number of hydrogen-bond acceptors (Lipinski definition) is 4. The average Bonchev–Trinajstić information content (AvgIpc) is 3.00. The van der Waals surface area contributed by atoms with Crippen molar-refractivity contribution in [3.63, 3.8) is 0 Å². The lowest BCUT2D eigenvalue weighted by Gasteiger charge is -2.35.